The van der Waals surface area contributed by atoms with Crippen LogP contribution in [0.5, 0.6) is 0 Å². The van der Waals surface area contributed by atoms with Crippen LogP contribution in [0.15, 0.2) is 36.5 Å². The second-order valence-corrected chi connectivity index (χ2v) is 6.43. The van der Waals surface area contributed by atoms with E-state index in [-0.39, 0.29) is 0 Å². The van der Waals surface area contributed by atoms with Gasteiger partial charge in [0.15, 0.2) is 5.65 Å². The van der Waals surface area contributed by atoms with Gasteiger partial charge in [-0.05, 0) is 30.5 Å². The Balaban J connectivity index is 1.85. The highest BCUT2D eigenvalue weighted by molar-refractivity contribution is 5.78. The van der Waals surface area contributed by atoms with Crippen molar-refractivity contribution in [3.63, 3.8) is 0 Å². The lowest BCUT2D eigenvalue weighted by Gasteiger charge is -2.21. The third kappa shape index (κ3) is 2.50. The van der Waals surface area contributed by atoms with Gasteiger partial charge in [-0.25, -0.2) is 4.98 Å². The van der Waals surface area contributed by atoms with Crippen molar-refractivity contribution in [2.75, 3.05) is 5.73 Å². The van der Waals surface area contributed by atoms with Crippen LogP contribution >= 0.6 is 0 Å². The number of rotatable bonds is 2. The molecule has 5 heteroatoms. The molecule has 2 N–H and O–H groups in total. The molecule has 0 amide bonds. The Morgan fingerprint density at radius 2 is 2.00 bits per heavy atom. The number of hydrogen-bond acceptors (Lipinski definition) is 4. The van der Waals surface area contributed by atoms with Crippen molar-refractivity contribution in [1.82, 2.24) is 14.6 Å². The largest absolute Gasteiger partial charge is 0.384 e. The maximum Gasteiger partial charge on any atom is 0.165 e. The number of hydrogen-bond donors (Lipinski definition) is 1. The van der Waals surface area contributed by atoms with E-state index in [0.717, 1.165) is 22.5 Å². The smallest absolute Gasteiger partial charge is 0.165 e. The zero-order valence-corrected chi connectivity index (χ0v) is 13.4. The molecule has 0 bridgehead atoms. The molecule has 5 nitrogen and oxygen atoms in total. The molecule has 1 fully saturated rings. The molecule has 0 atom stereocenters. The maximum atomic E-state index is 9.12. The van der Waals surface area contributed by atoms with E-state index < -0.39 is 0 Å². The molecule has 2 heterocycles. The molecule has 0 aliphatic heterocycles. The lowest BCUT2D eigenvalue weighted by molar-refractivity contribution is 0.437. The number of nitrogen functional groups attached to an aromatic ring is 1. The Kier molecular flexibility index (Phi) is 3.66. The van der Waals surface area contributed by atoms with Gasteiger partial charge in [0.2, 0.25) is 0 Å². The summed E-state index contributed by atoms with van der Waals surface area (Å²) in [6.45, 7) is 0. The number of fused-ring (bicyclic) bond motifs is 1. The molecule has 0 spiro atoms. The summed E-state index contributed by atoms with van der Waals surface area (Å²) in [7, 11) is 0. The van der Waals surface area contributed by atoms with E-state index >= 15 is 0 Å². The van der Waals surface area contributed by atoms with E-state index in [9.17, 15) is 0 Å². The first-order valence-electron chi connectivity index (χ1n) is 8.41. The standard InChI is InChI=1S/C19H19N5/c20-11-13-5-4-8-15(9-13)16-12-22-24-18(21)10-17(23-19(16)24)14-6-2-1-3-7-14/h4-5,8-10,12,14H,1-3,6-7,21H2. The summed E-state index contributed by atoms with van der Waals surface area (Å²) in [5.41, 5.74) is 10.5. The predicted molar refractivity (Wildman–Crippen MR) is 93.4 cm³/mol. The number of nitrogens with two attached hydrogens (primary N) is 1. The van der Waals surface area contributed by atoms with Crippen LogP contribution in [-0.4, -0.2) is 14.6 Å². The Bertz CT molecular complexity index is 929. The van der Waals surface area contributed by atoms with E-state index in [1.807, 2.05) is 24.3 Å². The summed E-state index contributed by atoms with van der Waals surface area (Å²) in [6, 6.07) is 11.7. The Labute approximate surface area is 140 Å². The lowest BCUT2D eigenvalue weighted by atomic mass is 9.87. The van der Waals surface area contributed by atoms with E-state index in [0.29, 0.717) is 17.3 Å². The molecule has 1 aromatic carbocycles. The lowest BCUT2D eigenvalue weighted by Crippen LogP contribution is -2.10. The Morgan fingerprint density at radius 3 is 2.79 bits per heavy atom. The first-order valence-corrected chi connectivity index (χ1v) is 8.41. The molecule has 1 saturated carbocycles. The minimum Gasteiger partial charge on any atom is -0.384 e. The highest BCUT2D eigenvalue weighted by Gasteiger charge is 2.20. The summed E-state index contributed by atoms with van der Waals surface area (Å²) >= 11 is 0. The second kappa shape index (κ2) is 5.97. The van der Waals surface area contributed by atoms with Gasteiger partial charge in [0, 0.05) is 23.2 Å². The van der Waals surface area contributed by atoms with Gasteiger partial charge in [0.1, 0.15) is 5.82 Å². The maximum absolute atomic E-state index is 9.12. The number of nitrogens with zero attached hydrogens (tertiary/aromatic N) is 4. The minimum absolute atomic E-state index is 0.485. The molecule has 0 saturated heterocycles. The summed E-state index contributed by atoms with van der Waals surface area (Å²) in [5, 5.41) is 13.5. The van der Waals surface area contributed by atoms with Gasteiger partial charge in [0.25, 0.3) is 0 Å². The molecular weight excluding hydrogens is 298 g/mol. The van der Waals surface area contributed by atoms with E-state index in [2.05, 4.69) is 11.2 Å². The van der Waals surface area contributed by atoms with Crippen molar-refractivity contribution >= 4 is 11.5 Å². The monoisotopic (exact) mass is 317 g/mol. The normalized spacial score (nSPS) is 15.5. The van der Waals surface area contributed by atoms with Crippen LogP contribution in [0.4, 0.5) is 5.82 Å². The number of nitriles is 1. The third-order valence-electron chi connectivity index (χ3n) is 4.85. The fourth-order valence-electron chi connectivity index (χ4n) is 3.57. The van der Waals surface area contributed by atoms with Crippen LogP contribution in [-0.2, 0) is 0 Å². The van der Waals surface area contributed by atoms with E-state index in [1.165, 1.54) is 32.1 Å². The topological polar surface area (TPSA) is 80.0 Å². The van der Waals surface area contributed by atoms with Crippen molar-refractivity contribution < 1.29 is 0 Å². The van der Waals surface area contributed by atoms with Crippen molar-refractivity contribution in [1.29, 1.82) is 5.26 Å². The fourth-order valence-corrected chi connectivity index (χ4v) is 3.57. The molecule has 120 valence electrons. The second-order valence-electron chi connectivity index (χ2n) is 6.43. The van der Waals surface area contributed by atoms with Crippen molar-refractivity contribution in [3.05, 3.63) is 47.8 Å². The molecule has 1 aliphatic carbocycles. The SMILES string of the molecule is N#Cc1cccc(-c2cnn3c(N)cc(C4CCCCC4)nc23)c1. The van der Waals surface area contributed by atoms with Gasteiger partial charge in [-0.15, -0.1) is 0 Å². The molecule has 0 unspecified atom stereocenters. The third-order valence-corrected chi connectivity index (χ3v) is 4.85. The fraction of sp³-hybridized carbons (Fsp3) is 0.316. The molecule has 1 aliphatic rings. The summed E-state index contributed by atoms with van der Waals surface area (Å²) in [4.78, 5) is 4.89. The van der Waals surface area contributed by atoms with Gasteiger partial charge < -0.3 is 5.73 Å². The first-order chi connectivity index (χ1) is 11.8. The van der Waals surface area contributed by atoms with Crippen LogP contribution in [0.3, 0.4) is 0 Å². The summed E-state index contributed by atoms with van der Waals surface area (Å²) in [6.07, 6.45) is 7.96. The minimum atomic E-state index is 0.485. The van der Waals surface area contributed by atoms with Gasteiger partial charge in [-0.3, -0.25) is 0 Å². The number of anilines is 1. The molecule has 2 aromatic heterocycles. The average molecular weight is 317 g/mol. The van der Waals surface area contributed by atoms with E-state index in [4.69, 9.17) is 16.0 Å². The Morgan fingerprint density at radius 1 is 1.17 bits per heavy atom. The van der Waals surface area contributed by atoms with Crippen LogP contribution in [0.1, 0.15) is 49.3 Å². The number of aromatic nitrogens is 3. The summed E-state index contributed by atoms with van der Waals surface area (Å²) in [5.74, 6) is 1.10. The summed E-state index contributed by atoms with van der Waals surface area (Å²) < 4.78 is 1.68. The predicted octanol–water partition coefficient (Wildman–Crippen LogP) is 3.90. The van der Waals surface area contributed by atoms with Crippen LogP contribution < -0.4 is 5.73 Å². The van der Waals surface area contributed by atoms with Crippen molar-refractivity contribution in [2.24, 2.45) is 0 Å². The van der Waals surface area contributed by atoms with Gasteiger partial charge in [0.05, 0.1) is 17.8 Å². The molecule has 0 radical (unpaired) electrons. The zero-order valence-electron chi connectivity index (χ0n) is 13.4. The van der Waals surface area contributed by atoms with Crippen molar-refractivity contribution in [3.8, 4) is 17.2 Å². The number of benzene rings is 1. The van der Waals surface area contributed by atoms with Gasteiger partial charge >= 0.3 is 0 Å². The van der Waals surface area contributed by atoms with Crippen LogP contribution in [0.25, 0.3) is 16.8 Å². The average Bonchev–Trinajstić information content (AvgIpc) is 3.07. The van der Waals surface area contributed by atoms with Gasteiger partial charge in [-0.2, -0.15) is 14.9 Å². The van der Waals surface area contributed by atoms with Crippen LogP contribution in [0.2, 0.25) is 0 Å². The highest BCUT2D eigenvalue weighted by Crippen LogP contribution is 2.34. The molecule has 4 rings (SSSR count). The van der Waals surface area contributed by atoms with E-state index in [1.54, 1.807) is 16.8 Å². The Hall–Kier alpha value is -2.87. The highest BCUT2D eigenvalue weighted by atomic mass is 15.3. The zero-order chi connectivity index (χ0) is 16.5. The molecule has 3 aromatic rings. The molecular formula is C19H19N5. The molecule has 24 heavy (non-hydrogen) atoms. The van der Waals surface area contributed by atoms with Crippen molar-refractivity contribution in [2.45, 2.75) is 38.0 Å². The van der Waals surface area contributed by atoms with Gasteiger partial charge in [-0.1, -0.05) is 31.4 Å². The first kappa shape index (κ1) is 14.7. The van der Waals surface area contributed by atoms with Crippen LogP contribution in [0, 0.1) is 11.3 Å². The quantitative estimate of drug-likeness (QED) is 0.777.